The number of halogens is 1. The molecular weight excluding hydrogens is 282 g/mol. The van der Waals surface area contributed by atoms with Crippen LogP contribution in [0.1, 0.15) is 37.0 Å². The molecule has 2 unspecified atom stereocenters. The second-order valence-corrected chi connectivity index (χ2v) is 5.56. The van der Waals surface area contributed by atoms with E-state index in [1.54, 1.807) is 0 Å². The van der Waals surface area contributed by atoms with Gasteiger partial charge in [-0.1, -0.05) is 11.6 Å². The number of carbonyl (C=O) groups is 1. The summed E-state index contributed by atoms with van der Waals surface area (Å²) in [6, 6.07) is 2.85. The van der Waals surface area contributed by atoms with Gasteiger partial charge in [0.1, 0.15) is 11.7 Å². The van der Waals surface area contributed by atoms with Crippen molar-refractivity contribution in [1.82, 2.24) is 0 Å². The third-order valence-corrected chi connectivity index (χ3v) is 3.52. The van der Waals surface area contributed by atoms with E-state index in [0.29, 0.717) is 18.5 Å². The number of aromatic carboxylic acids is 1. The molecule has 3 N–H and O–H groups in total. The second kappa shape index (κ2) is 5.89. The maximum absolute atomic E-state index is 11.3. The molecule has 1 aromatic rings. The number of hydrogen-bond donors (Lipinski definition) is 2. The van der Waals surface area contributed by atoms with Crippen LogP contribution in [0.3, 0.4) is 0 Å². The number of anilines is 1. The molecule has 1 aliphatic heterocycles. The number of hydrogen-bond acceptors (Lipinski definition) is 4. The quantitative estimate of drug-likeness (QED) is 0.839. The van der Waals surface area contributed by atoms with E-state index in [1.807, 2.05) is 13.8 Å². The number of carboxylic acids is 1. The van der Waals surface area contributed by atoms with E-state index in [0.717, 1.165) is 0 Å². The summed E-state index contributed by atoms with van der Waals surface area (Å²) in [6.45, 7) is 3.93. The predicted octanol–water partition coefficient (Wildman–Crippen LogP) is 2.96. The summed E-state index contributed by atoms with van der Waals surface area (Å²) in [4.78, 5) is 11.3. The summed E-state index contributed by atoms with van der Waals surface area (Å²) in [5.74, 6) is -0.929. The SMILES string of the molecule is CC1CC(Oc2c(Cl)cc(N)cc2C(=O)O)CC(C)O1. The molecule has 0 radical (unpaired) electrons. The van der Waals surface area contributed by atoms with Crippen molar-refractivity contribution in [3.05, 3.63) is 22.7 Å². The van der Waals surface area contributed by atoms with Crippen molar-refractivity contribution in [1.29, 1.82) is 0 Å². The minimum atomic E-state index is -1.11. The van der Waals surface area contributed by atoms with Crippen LogP contribution in [0.4, 0.5) is 5.69 Å². The van der Waals surface area contributed by atoms with Gasteiger partial charge in [-0.3, -0.25) is 0 Å². The Kier molecular flexibility index (Phi) is 4.40. The van der Waals surface area contributed by atoms with Crippen molar-refractivity contribution in [3.8, 4) is 5.75 Å². The lowest BCUT2D eigenvalue weighted by Crippen LogP contribution is -2.36. The third kappa shape index (κ3) is 3.35. The van der Waals surface area contributed by atoms with Crippen LogP contribution < -0.4 is 10.5 Å². The van der Waals surface area contributed by atoms with E-state index < -0.39 is 5.97 Å². The fourth-order valence-electron chi connectivity index (χ4n) is 2.50. The average Bonchev–Trinajstić information content (AvgIpc) is 2.30. The second-order valence-electron chi connectivity index (χ2n) is 5.15. The standard InChI is InChI=1S/C14H18ClNO4/c1-7-3-10(4-8(2)19-7)20-13-11(14(17)18)5-9(16)6-12(13)15/h5-8,10H,3-4,16H2,1-2H3,(H,17,18). The maximum atomic E-state index is 11.3. The maximum Gasteiger partial charge on any atom is 0.339 e. The van der Waals surface area contributed by atoms with E-state index in [2.05, 4.69) is 0 Å². The lowest BCUT2D eigenvalue weighted by Gasteiger charge is -2.32. The Balaban J connectivity index is 2.26. The smallest absolute Gasteiger partial charge is 0.339 e. The molecule has 2 atom stereocenters. The summed E-state index contributed by atoms with van der Waals surface area (Å²) in [6.07, 6.45) is 1.43. The van der Waals surface area contributed by atoms with Crippen LogP contribution in [0.2, 0.25) is 5.02 Å². The summed E-state index contributed by atoms with van der Waals surface area (Å²) < 4.78 is 11.5. The molecule has 6 heteroatoms. The van der Waals surface area contributed by atoms with Gasteiger partial charge in [-0.2, -0.15) is 0 Å². The molecule has 0 bridgehead atoms. The average molecular weight is 300 g/mol. The van der Waals surface area contributed by atoms with Gasteiger partial charge in [0.2, 0.25) is 0 Å². The Hall–Kier alpha value is -1.46. The molecule has 0 saturated carbocycles. The predicted molar refractivity (Wildman–Crippen MR) is 76.5 cm³/mol. The van der Waals surface area contributed by atoms with E-state index in [4.69, 9.17) is 26.8 Å². The van der Waals surface area contributed by atoms with Crippen molar-refractivity contribution < 1.29 is 19.4 Å². The minimum Gasteiger partial charge on any atom is -0.488 e. The highest BCUT2D eigenvalue weighted by molar-refractivity contribution is 6.33. The van der Waals surface area contributed by atoms with E-state index in [-0.39, 0.29) is 34.6 Å². The van der Waals surface area contributed by atoms with Crippen LogP contribution in [0, 0.1) is 0 Å². The topological polar surface area (TPSA) is 81.8 Å². The number of ether oxygens (including phenoxy) is 2. The van der Waals surface area contributed by atoms with Crippen molar-refractivity contribution in [2.45, 2.75) is 45.0 Å². The number of rotatable bonds is 3. The molecule has 1 saturated heterocycles. The van der Waals surface area contributed by atoms with Gasteiger partial charge in [-0.05, 0) is 26.0 Å². The first kappa shape index (κ1) is 14.9. The van der Waals surface area contributed by atoms with Crippen molar-refractivity contribution in [2.24, 2.45) is 0 Å². The Labute approximate surface area is 122 Å². The molecule has 1 fully saturated rings. The van der Waals surface area contributed by atoms with Crippen LogP contribution in [0.5, 0.6) is 5.75 Å². The van der Waals surface area contributed by atoms with E-state index in [1.165, 1.54) is 12.1 Å². The highest BCUT2D eigenvalue weighted by Crippen LogP contribution is 2.34. The highest BCUT2D eigenvalue weighted by atomic mass is 35.5. The first-order chi connectivity index (χ1) is 9.36. The molecule has 0 aromatic heterocycles. The molecule has 1 aliphatic rings. The zero-order valence-electron chi connectivity index (χ0n) is 11.4. The van der Waals surface area contributed by atoms with Crippen molar-refractivity contribution in [2.75, 3.05) is 5.73 Å². The van der Waals surface area contributed by atoms with E-state index in [9.17, 15) is 9.90 Å². The van der Waals surface area contributed by atoms with Gasteiger partial charge in [0.05, 0.1) is 17.2 Å². The lowest BCUT2D eigenvalue weighted by molar-refractivity contribution is -0.0722. The molecule has 1 aromatic carbocycles. The van der Waals surface area contributed by atoms with Gasteiger partial charge >= 0.3 is 5.97 Å². The normalized spacial score (nSPS) is 26.2. The molecule has 2 rings (SSSR count). The Morgan fingerprint density at radius 2 is 2.00 bits per heavy atom. The fourth-order valence-corrected chi connectivity index (χ4v) is 2.77. The number of nitrogens with two attached hydrogens (primary N) is 1. The zero-order chi connectivity index (χ0) is 14.9. The monoisotopic (exact) mass is 299 g/mol. The zero-order valence-corrected chi connectivity index (χ0v) is 12.2. The Bertz CT molecular complexity index is 510. The van der Waals surface area contributed by atoms with Crippen molar-refractivity contribution in [3.63, 3.8) is 0 Å². The molecule has 5 nitrogen and oxygen atoms in total. The number of carboxylic acid groups (broad SMARTS) is 1. The number of benzene rings is 1. The van der Waals surface area contributed by atoms with Crippen LogP contribution >= 0.6 is 11.6 Å². The first-order valence-corrected chi connectivity index (χ1v) is 6.89. The molecule has 1 heterocycles. The summed E-state index contributed by atoms with van der Waals surface area (Å²) >= 11 is 6.07. The van der Waals surface area contributed by atoms with Crippen LogP contribution in [-0.4, -0.2) is 29.4 Å². The van der Waals surface area contributed by atoms with Gasteiger partial charge in [-0.15, -0.1) is 0 Å². The minimum absolute atomic E-state index is 0.0122. The summed E-state index contributed by atoms with van der Waals surface area (Å²) in [5, 5.41) is 9.45. The van der Waals surface area contributed by atoms with Crippen molar-refractivity contribution >= 4 is 23.3 Å². The summed E-state index contributed by atoms with van der Waals surface area (Å²) in [7, 11) is 0. The molecule has 0 amide bonds. The molecule has 0 spiro atoms. The Morgan fingerprint density at radius 3 is 2.55 bits per heavy atom. The largest absolute Gasteiger partial charge is 0.488 e. The molecule has 0 aliphatic carbocycles. The van der Waals surface area contributed by atoms with Gasteiger partial charge in [0, 0.05) is 18.5 Å². The summed E-state index contributed by atoms with van der Waals surface area (Å²) in [5.41, 5.74) is 5.91. The van der Waals surface area contributed by atoms with Crippen LogP contribution in [0.15, 0.2) is 12.1 Å². The van der Waals surface area contributed by atoms with Crippen LogP contribution in [0.25, 0.3) is 0 Å². The third-order valence-electron chi connectivity index (χ3n) is 3.24. The Morgan fingerprint density at radius 1 is 1.40 bits per heavy atom. The highest BCUT2D eigenvalue weighted by Gasteiger charge is 2.28. The molecular formula is C14H18ClNO4. The number of nitrogen functional groups attached to an aromatic ring is 1. The van der Waals surface area contributed by atoms with Gasteiger partial charge in [0.15, 0.2) is 5.75 Å². The van der Waals surface area contributed by atoms with Gasteiger partial charge in [0.25, 0.3) is 0 Å². The lowest BCUT2D eigenvalue weighted by atomic mass is 10.0. The van der Waals surface area contributed by atoms with Crippen LogP contribution in [-0.2, 0) is 4.74 Å². The van der Waals surface area contributed by atoms with Gasteiger partial charge in [-0.25, -0.2) is 4.79 Å². The molecule has 20 heavy (non-hydrogen) atoms. The fraction of sp³-hybridized carbons (Fsp3) is 0.500. The molecule has 110 valence electrons. The first-order valence-electron chi connectivity index (χ1n) is 6.51. The van der Waals surface area contributed by atoms with E-state index >= 15 is 0 Å². The van der Waals surface area contributed by atoms with Gasteiger partial charge < -0.3 is 20.3 Å².